The molecule has 0 spiro atoms. The molecule has 1 aliphatic carbocycles. The van der Waals surface area contributed by atoms with Crippen molar-refractivity contribution in [3.63, 3.8) is 0 Å². The first-order chi connectivity index (χ1) is 17.6. The summed E-state index contributed by atoms with van der Waals surface area (Å²) in [6.45, 7) is 1.45. The van der Waals surface area contributed by atoms with Crippen LogP contribution in [-0.2, 0) is 18.9 Å². The molecule has 0 bridgehead atoms. The summed E-state index contributed by atoms with van der Waals surface area (Å²) in [5, 5.41) is 55.4. The van der Waals surface area contributed by atoms with Crippen LogP contribution >= 0.6 is 0 Å². The Morgan fingerprint density at radius 3 is 2.11 bits per heavy atom. The summed E-state index contributed by atoms with van der Waals surface area (Å²) in [7, 11) is 0. The highest BCUT2D eigenvalue weighted by molar-refractivity contribution is 5.01. The van der Waals surface area contributed by atoms with E-state index in [9.17, 15) is 25.5 Å². The van der Waals surface area contributed by atoms with Gasteiger partial charge in [0.05, 0.1) is 24.9 Å². The van der Waals surface area contributed by atoms with E-state index < -0.39 is 85.5 Å². The Hall–Kier alpha value is -0.600. The van der Waals surface area contributed by atoms with Gasteiger partial charge in [-0.2, -0.15) is 0 Å². The first kappa shape index (κ1) is 30.9. The van der Waals surface area contributed by atoms with Crippen LogP contribution in [-0.4, -0.2) is 138 Å². The van der Waals surface area contributed by atoms with Crippen molar-refractivity contribution in [2.24, 2.45) is 34.6 Å². The minimum Gasteiger partial charge on any atom is -0.394 e. The topological polar surface area (TPSA) is 280 Å². The molecule has 3 aliphatic rings. The molecule has 0 radical (unpaired) electrons. The van der Waals surface area contributed by atoms with E-state index in [0.29, 0.717) is 19.5 Å². The highest BCUT2D eigenvalue weighted by Crippen LogP contribution is 2.35. The van der Waals surface area contributed by atoms with E-state index in [1.54, 1.807) is 0 Å². The molecule has 0 unspecified atom stereocenters. The lowest BCUT2D eigenvalue weighted by Crippen LogP contribution is -2.68. The average Bonchev–Trinajstić information content (AvgIpc) is 3.18. The summed E-state index contributed by atoms with van der Waals surface area (Å²) in [5.41, 5.74) is 29.6. The van der Waals surface area contributed by atoms with Crippen LogP contribution in [0.2, 0.25) is 0 Å². The van der Waals surface area contributed by atoms with Gasteiger partial charge in [0.1, 0.15) is 36.6 Å². The highest BCUT2D eigenvalue weighted by atomic mass is 16.7. The van der Waals surface area contributed by atoms with Gasteiger partial charge in [-0.3, -0.25) is 0 Å². The minimum absolute atomic E-state index is 0.0952. The number of aliphatic hydroxyl groups excluding tert-OH is 5. The van der Waals surface area contributed by atoms with E-state index in [0.717, 1.165) is 13.0 Å². The predicted molar refractivity (Wildman–Crippen MR) is 130 cm³/mol. The Morgan fingerprint density at radius 2 is 1.46 bits per heavy atom. The van der Waals surface area contributed by atoms with Crippen molar-refractivity contribution >= 4 is 0 Å². The fraction of sp³-hybridized carbons (Fsp3) is 1.00. The van der Waals surface area contributed by atoms with Crippen molar-refractivity contribution in [1.29, 1.82) is 0 Å². The molecule has 0 aromatic rings. The molecule has 2 saturated heterocycles. The van der Waals surface area contributed by atoms with Crippen LogP contribution in [0.3, 0.4) is 0 Å². The number of nitrogens with one attached hydrogen (secondary N) is 1. The van der Waals surface area contributed by atoms with Crippen LogP contribution < -0.4 is 34.0 Å². The summed E-state index contributed by atoms with van der Waals surface area (Å²) in [5.74, 6) is -0.431. The highest BCUT2D eigenvalue weighted by Gasteiger charge is 2.52. The molecule has 16 N–H and O–H groups in total. The van der Waals surface area contributed by atoms with Gasteiger partial charge in [-0.1, -0.05) is 0 Å². The van der Waals surface area contributed by atoms with Crippen molar-refractivity contribution < 1.29 is 44.5 Å². The van der Waals surface area contributed by atoms with Gasteiger partial charge in [-0.25, -0.2) is 0 Å². The van der Waals surface area contributed by atoms with E-state index in [2.05, 4.69) is 5.32 Å². The molecule has 2 aliphatic heterocycles. The number of ether oxygens (including phenoxy) is 4. The summed E-state index contributed by atoms with van der Waals surface area (Å²) >= 11 is 0. The third kappa shape index (κ3) is 7.13. The second kappa shape index (κ2) is 14.2. The van der Waals surface area contributed by atoms with Crippen molar-refractivity contribution in [1.82, 2.24) is 5.32 Å². The maximum atomic E-state index is 11.0. The molecule has 0 aromatic carbocycles. The molecule has 0 amide bonds. The van der Waals surface area contributed by atoms with Gasteiger partial charge < -0.3 is 78.5 Å². The third-order valence-corrected chi connectivity index (χ3v) is 7.52. The lowest BCUT2D eigenvalue weighted by Gasteiger charge is -2.47. The average molecular weight is 539 g/mol. The quantitative estimate of drug-likeness (QED) is 0.103. The molecular formula is C22H46N6O9. The monoisotopic (exact) mass is 538 g/mol. The van der Waals surface area contributed by atoms with E-state index >= 15 is 0 Å². The zero-order chi connectivity index (χ0) is 27.3. The van der Waals surface area contributed by atoms with Gasteiger partial charge in [0.2, 0.25) is 0 Å². The molecule has 0 aromatic heterocycles. The van der Waals surface area contributed by atoms with Gasteiger partial charge in [-0.05, 0) is 38.9 Å². The fourth-order valence-corrected chi connectivity index (χ4v) is 5.23. The van der Waals surface area contributed by atoms with Crippen LogP contribution in [0.4, 0.5) is 0 Å². The number of nitrogens with two attached hydrogens (primary N) is 5. The van der Waals surface area contributed by atoms with E-state index in [-0.39, 0.29) is 19.6 Å². The summed E-state index contributed by atoms with van der Waals surface area (Å²) in [6, 6.07) is -2.62. The molecule has 14 atom stereocenters. The van der Waals surface area contributed by atoms with Crippen LogP contribution in [0.1, 0.15) is 19.3 Å². The molecule has 1 saturated carbocycles. The normalized spacial score (nSPS) is 46.9. The van der Waals surface area contributed by atoms with Gasteiger partial charge >= 0.3 is 0 Å². The second-order valence-electron chi connectivity index (χ2n) is 10.2. The van der Waals surface area contributed by atoms with E-state index in [1.807, 2.05) is 0 Å². The Labute approximate surface area is 216 Å². The lowest BCUT2D eigenvalue weighted by atomic mass is 9.84. The first-order valence-electron chi connectivity index (χ1n) is 13.0. The fourth-order valence-electron chi connectivity index (χ4n) is 5.23. The first-order valence-corrected chi connectivity index (χ1v) is 13.0. The summed E-state index contributed by atoms with van der Waals surface area (Å²) in [4.78, 5) is 0. The summed E-state index contributed by atoms with van der Waals surface area (Å²) in [6.07, 6.45) is -9.73. The molecule has 3 rings (SSSR count). The van der Waals surface area contributed by atoms with Crippen LogP contribution in [0.25, 0.3) is 0 Å². The SMILES string of the molecule is NCCCNCC[C@H]1[C@@H](O)[C@H](O[C@H]2[C@@H](O)[C@H](N)C[C@H](N)[C@H]2O[C@H]2O[C@H](CN)[C@H](O)[C@H](O)[C@H]2N)O[C@@H]1CO. The smallest absolute Gasteiger partial charge is 0.184 e. The standard InChI is InChI=1S/C22H46N6O9/c23-3-1-4-28-5-2-9-13(8-29)35-22(15(9)30)37-20-16(31)10(25)6-11(26)19(20)36-21-14(27)18(33)17(32)12(7-24)34-21/h9-22,28-33H,1-8,23-27H2/t9-,10-,11+,12-,13-,14-,15-,16+,17+,18-,19-,20+,21-,22+/m1/s1. The molecule has 15 heteroatoms. The van der Waals surface area contributed by atoms with Gasteiger partial charge in [-0.15, -0.1) is 0 Å². The van der Waals surface area contributed by atoms with Crippen molar-refractivity contribution in [3.8, 4) is 0 Å². The molecular weight excluding hydrogens is 492 g/mol. The van der Waals surface area contributed by atoms with Gasteiger partial charge in [0.15, 0.2) is 12.6 Å². The summed E-state index contributed by atoms with van der Waals surface area (Å²) < 4.78 is 23.5. The zero-order valence-corrected chi connectivity index (χ0v) is 21.0. The number of hydrogen-bond acceptors (Lipinski definition) is 15. The molecule has 37 heavy (non-hydrogen) atoms. The van der Waals surface area contributed by atoms with Crippen LogP contribution in [0.15, 0.2) is 0 Å². The number of rotatable bonds is 12. The van der Waals surface area contributed by atoms with Crippen molar-refractivity contribution in [2.45, 2.75) is 98.8 Å². The Balaban J connectivity index is 1.71. The predicted octanol–water partition coefficient (Wildman–Crippen LogP) is -6.07. The van der Waals surface area contributed by atoms with Crippen molar-refractivity contribution in [2.75, 3.05) is 32.8 Å². The van der Waals surface area contributed by atoms with E-state index in [4.69, 9.17) is 47.6 Å². The molecule has 2 heterocycles. The van der Waals surface area contributed by atoms with Crippen LogP contribution in [0.5, 0.6) is 0 Å². The Morgan fingerprint density at radius 1 is 0.784 bits per heavy atom. The maximum Gasteiger partial charge on any atom is 0.184 e. The second-order valence-corrected chi connectivity index (χ2v) is 10.2. The third-order valence-electron chi connectivity index (χ3n) is 7.52. The number of aliphatic hydroxyl groups is 5. The Bertz CT molecular complexity index is 685. The molecule has 15 nitrogen and oxygen atoms in total. The minimum atomic E-state index is -1.37. The van der Waals surface area contributed by atoms with Gasteiger partial charge in [0, 0.05) is 24.5 Å². The van der Waals surface area contributed by atoms with Crippen molar-refractivity contribution in [3.05, 3.63) is 0 Å². The van der Waals surface area contributed by atoms with E-state index in [1.165, 1.54) is 0 Å². The molecule has 218 valence electrons. The lowest BCUT2D eigenvalue weighted by molar-refractivity contribution is -0.306. The zero-order valence-electron chi connectivity index (χ0n) is 21.0. The maximum absolute atomic E-state index is 11.0. The molecule has 3 fully saturated rings. The Kier molecular flexibility index (Phi) is 11.8. The largest absolute Gasteiger partial charge is 0.394 e. The van der Waals surface area contributed by atoms with Gasteiger partial charge in [0.25, 0.3) is 0 Å². The number of hydrogen-bond donors (Lipinski definition) is 11. The van der Waals surface area contributed by atoms with Crippen LogP contribution in [0, 0.1) is 5.92 Å².